The van der Waals surface area contributed by atoms with Gasteiger partial charge in [0.15, 0.2) is 0 Å². The molecule has 0 saturated heterocycles. The molecule has 0 fully saturated rings. The van der Waals surface area contributed by atoms with Crippen LogP contribution in [0.5, 0.6) is 0 Å². The number of fused-ring (bicyclic) bond motifs is 7. The number of benzene rings is 2. The van der Waals surface area contributed by atoms with Gasteiger partial charge >= 0.3 is 0 Å². The highest BCUT2D eigenvalue weighted by Gasteiger charge is 2.19. The van der Waals surface area contributed by atoms with Gasteiger partial charge < -0.3 is 0 Å². The largest absolute Gasteiger partial charge is 0.256 e. The van der Waals surface area contributed by atoms with Crippen molar-refractivity contribution in [3.05, 3.63) is 71.0 Å². The lowest BCUT2D eigenvalue weighted by molar-refractivity contribution is 1.31. The molecule has 1 aromatic heterocycles. The molecule has 2 nitrogen and oxygen atoms in total. The molecule has 5 rings (SSSR count). The summed E-state index contributed by atoms with van der Waals surface area (Å²) in [4.78, 5) is 9.26. The van der Waals surface area contributed by atoms with Crippen LogP contribution in [0.25, 0.3) is 28.3 Å². The quantitative estimate of drug-likeness (QED) is 0.417. The maximum absolute atomic E-state index is 4.81. The second-order valence-corrected chi connectivity index (χ2v) is 5.13. The van der Waals surface area contributed by atoms with Gasteiger partial charge in [0, 0.05) is 28.1 Å². The predicted octanol–water partition coefficient (Wildman–Crippen LogP) is 2.82. The van der Waals surface area contributed by atoms with Crippen molar-refractivity contribution >= 4 is 11.8 Å². The standard InChI is InChI=1S/C18H10N2/c1-2-6-16-13(4-1)14-8-7-11-12-5-3-9-19-17(12)10-15(11)18(14)20-16/h1-10H. The van der Waals surface area contributed by atoms with E-state index in [-0.39, 0.29) is 0 Å². The van der Waals surface area contributed by atoms with Crippen LogP contribution < -0.4 is 10.6 Å². The van der Waals surface area contributed by atoms with Crippen LogP contribution in [0, 0.1) is 0 Å². The van der Waals surface area contributed by atoms with Crippen LogP contribution in [0.15, 0.2) is 59.7 Å². The minimum atomic E-state index is 1.04. The first kappa shape index (κ1) is 10.1. The molecule has 0 spiro atoms. The molecule has 0 atom stereocenters. The van der Waals surface area contributed by atoms with Crippen LogP contribution in [-0.2, 0) is 0 Å². The summed E-state index contributed by atoms with van der Waals surface area (Å²) in [6.45, 7) is 0. The van der Waals surface area contributed by atoms with Gasteiger partial charge in [-0.15, -0.1) is 0 Å². The zero-order valence-electron chi connectivity index (χ0n) is 10.7. The Morgan fingerprint density at radius 1 is 0.700 bits per heavy atom. The third-order valence-electron chi connectivity index (χ3n) is 4.05. The fourth-order valence-electron chi connectivity index (χ4n) is 3.14. The molecule has 0 amide bonds. The van der Waals surface area contributed by atoms with Crippen LogP contribution in [0.4, 0.5) is 5.69 Å². The molecular formula is C18H10N2. The van der Waals surface area contributed by atoms with Crippen LogP contribution in [0.3, 0.4) is 0 Å². The Morgan fingerprint density at radius 2 is 1.55 bits per heavy atom. The number of rotatable bonds is 0. The van der Waals surface area contributed by atoms with E-state index >= 15 is 0 Å². The Balaban J connectivity index is 1.93. The second-order valence-electron chi connectivity index (χ2n) is 5.13. The molecule has 92 valence electrons. The number of hydrogen-bond acceptors (Lipinski definition) is 2. The normalized spacial score (nSPS) is 12.8. The van der Waals surface area contributed by atoms with Crippen molar-refractivity contribution in [2.24, 2.45) is 4.99 Å². The highest BCUT2D eigenvalue weighted by Crippen LogP contribution is 2.33. The van der Waals surface area contributed by atoms with E-state index in [0.29, 0.717) is 0 Å². The predicted molar refractivity (Wildman–Crippen MR) is 79.1 cm³/mol. The molecule has 0 bridgehead atoms. The third-order valence-corrected chi connectivity index (χ3v) is 4.05. The van der Waals surface area contributed by atoms with Crippen LogP contribution in [-0.4, -0.2) is 4.98 Å². The minimum Gasteiger partial charge on any atom is -0.256 e. The monoisotopic (exact) mass is 254 g/mol. The average Bonchev–Trinajstić information content (AvgIpc) is 3.05. The van der Waals surface area contributed by atoms with E-state index in [1.54, 1.807) is 0 Å². The first-order chi connectivity index (χ1) is 9.92. The molecule has 1 aliphatic carbocycles. The maximum atomic E-state index is 4.81. The van der Waals surface area contributed by atoms with E-state index in [0.717, 1.165) is 16.7 Å². The summed E-state index contributed by atoms with van der Waals surface area (Å²) in [6, 6.07) is 16.8. The minimum absolute atomic E-state index is 1.04. The van der Waals surface area contributed by atoms with Crippen molar-refractivity contribution in [3.8, 4) is 22.3 Å². The van der Waals surface area contributed by atoms with Crippen molar-refractivity contribution in [1.82, 2.24) is 4.98 Å². The Morgan fingerprint density at radius 3 is 2.55 bits per heavy atom. The molecular weight excluding hydrogens is 244 g/mol. The van der Waals surface area contributed by atoms with Gasteiger partial charge in [-0.1, -0.05) is 36.4 Å². The molecule has 1 aliphatic heterocycles. The number of nitrogens with zero attached hydrogens (tertiary/aromatic N) is 2. The molecule has 0 N–H and O–H groups in total. The average molecular weight is 254 g/mol. The third kappa shape index (κ3) is 1.14. The van der Waals surface area contributed by atoms with Crippen molar-refractivity contribution < 1.29 is 0 Å². The summed E-state index contributed by atoms with van der Waals surface area (Å²) in [5, 5.41) is 2.29. The van der Waals surface area contributed by atoms with Gasteiger partial charge in [0.2, 0.25) is 0 Å². The van der Waals surface area contributed by atoms with E-state index in [1.165, 1.54) is 27.5 Å². The van der Waals surface area contributed by atoms with Crippen molar-refractivity contribution in [1.29, 1.82) is 0 Å². The van der Waals surface area contributed by atoms with Gasteiger partial charge in [-0.25, -0.2) is 4.99 Å². The summed E-state index contributed by atoms with van der Waals surface area (Å²) in [6.07, 6.45) is 3.99. The Kier molecular flexibility index (Phi) is 1.73. The van der Waals surface area contributed by atoms with Crippen LogP contribution >= 0.6 is 0 Å². The Bertz CT molecular complexity index is 918. The first-order valence-electron chi connectivity index (χ1n) is 6.70. The topological polar surface area (TPSA) is 25.2 Å². The Hall–Kier alpha value is -2.74. The molecule has 2 aromatic carbocycles. The zero-order chi connectivity index (χ0) is 13.1. The SMILES string of the molecule is C1=c2c(ccc3c2=Nc2ccccc2-3)-c2cccnc21. The lowest BCUT2D eigenvalue weighted by Gasteiger charge is -2.01. The molecule has 2 aliphatic rings. The lowest BCUT2D eigenvalue weighted by atomic mass is 10.0. The van der Waals surface area contributed by atoms with Crippen molar-refractivity contribution in [2.75, 3.05) is 0 Å². The van der Waals surface area contributed by atoms with E-state index < -0.39 is 0 Å². The molecule has 0 saturated carbocycles. The number of para-hydroxylation sites is 1. The summed E-state index contributed by atoms with van der Waals surface area (Å²) in [5.41, 5.74) is 7.00. The molecule has 0 unspecified atom stereocenters. The van der Waals surface area contributed by atoms with E-state index in [2.05, 4.69) is 47.5 Å². The van der Waals surface area contributed by atoms with Gasteiger partial charge in [-0.2, -0.15) is 0 Å². The smallest absolute Gasteiger partial charge is 0.0795 e. The van der Waals surface area contributed by atoms with Gasteiger partial charge in [0.05, 0.1) is 16.7 Å². The maximum Gasteiger partial charge on any atom is 0.0795 e. The van der Waals surface area contributed by atoms with Crippen molar-refractivity contribution in [3.63, 3.8) is 0 Å². The highest BCUT2D eigenvalue weighted by atomic mass is 14.8. The van der Waals surface area contributed by atoms with Crippen LogP contribution in [0.1, 0.15) is 5.69 Å². The van der Waals surface area contributed by atoms with Crippen LogP contribution in [0.2, 0.25) is 0 Å². The van der Waals surface area contributed by atoms with E-state index in [4.69, 9.17) is 4.99 Å². The summed E-state index contributed by atoms with van der Waals surface area (Å²) in [7, 11) is 0. The van der Waals surface area contributed by atoms with Gasteiger partial charge in [0.1, 0.15) is 0 Å². The fraction of sp³-hybridized carbons (Fsp3) is 0. The first-order valence-corrected chi connectivity index (χ1v) is 6.70. The number of aromatic nitrogens is 1. The highest BCUT2D eigenvalue weighted by molar-refractivity contribution is 5.86. The van der Waals surface area contributed by atoms with Crippen molar-refractivity contribution in [2.45, 2.75) is 0 Å². The molecule has 20 heavy (non-hydrogen) atoms. The molecule has 3 aromatic rings. The lowest BCUT2D eigenvalue weighted by Crippen LogP contribution is -2.25. The van der Waals surface area contributed by atoms with E-state index in [1.807, 2.05) is 18.3 Å². The molecule has 2 heteroatoms. The van der Waals surface area contributed by atoms with Gasteiger partial charge in [-0.3, -0.25) is 4.98 Å². The Labute approximate surface area is 115 Å². The fourth-order valence-corrected chi connectivity index (χ4v) is 3.14. The zero-order valence-corrected chi connectivity index (χ0v) is 10.7. The molecule has 2 heterocycles. The number of pyridine rings is 1. The summed E-state index contributed by atoms with van der Waals surface area (Å²) < 4.78 is 0. The second kappa shape index (κ2) is 3.42. The summed E-state index contributed by atoms with van der Waals surface area (Å²) in [5.74, 6) is 0. The number of hydrogen-bond donors (Lipinski definition) is 0. The molecule has 0 radical (unpaired) electrons. The van der Waals surface area contributed by atoms with Gasteiger partial charge in [-0.05, 0) is 23.8 Å². The van der Waals surface area contributed by atoms with E-state index in [9.17, 15) is 0 Å². The summed E-state index contributed by atoms with van der Waals surface area (Å²) >= 11 is 0. The van der Waals surface area contributed by atoms with Gasteiger partial charge in [0.25, 0.3) is 0 Å².